The van der Waals surface area contributed by atoms with E-state index in [1.54, 1.807) is 6.07 Å². The first-order valence-corrected chi connectivity index (χ1v) is 7.19. The monoisotopic (exact) mass is 300 g/mol. The third kappa shape index (κ3) is 3.00. The minimum Gasteiger partial charge on any atom is -0.481 e. The number of carboxylic acid groups (broad SMARTS) is 1. The Hall–Kier alpha value is -2.63. The molecule has 1 aromatic carbocycles. The van der Waals surface area contributed by atoms with E-state index in [2.05, 4.69) is 10.5 Å². The summed E-state index contributed by atoms with van der Waals surface area (Å²) in [5.41, 5.74) is 1.47. The highest BCUT2D eigenvalue weighted by Crippen LogP contribution is 2.26. The Morgan fingerprint density at radius 1 is 1.23 bits per heavy atom. The number of carbonyl (C=O) groups excluding carboxylic acids is 1. The van der Waals surface area contributed by atoms with Crippen molar-refractivity contribution < 1.29 is 19.2 Å². The molecule has 2 atom stereocenters. The predicted molar refractivity (Wildman–Crippen MR) is 78.2 cm³/mol. The summed E-state index contributed by atoms with van der Waals surface area (Å²) >= 11 is 0. The zero-order valence-corrected chi connectivity index (χ0v) is 11.9. The topological polar surface area (TPSA) is 92.4 Å². The molecule has 1 aromatic heterocycles. The molecule has 0 unspecified atom stereocenters. The Morgan fingerprint density at radius 2 is 2.00 bits per heavy atom. The molecule has 0 radical (unpaired) electrons. The van der Waals surface area contributed by atoms with Gasteiger partial charge in [0.25, 0.3) is 5.91 Å². The molecule has 0 spiro atoms. The molecule has 1 fully saturated rings. The van der Waals surface area contributed by atoms with Crippen molar-refractivity contribution in [2.24, 2.45) is 5.92 Å². The highest BCUT2D eigenvalue weighted by molar-refractivity contribution is 5.92. The fourth-order valence-electron chi connectivity index (χ4n) is 2.72. The van der Waals surface area contributed by atoms with E-state index in [1.807, 2.05) is 30.3 Å². The highest BCUT2D eigenvalue weighted by Gasteiger charge is 2.31. The number of hydrogen-bond donors (Lipinski definition) is 2. The van der Waals surface area contributed by atoms with E-state index in [0.29, 0.717) is 25.0 Å². The molecule has 6 nitrogen and oxygen atoms in total. The zero-order valence-electron chi connectivity index (χ0n) is 11.9. The van der Waals surface area contributed by atoms with Crippen molar-refractivity contribution in [3.8, 4) is 11.3 Å². The summed E-state index contributed by atoms with van der Waals surface area (Å²) in [6.45, 7) is 0. The number of aliphatic carboxylic acids is 1. The van der Waals surface area contributed by atoms with Crippen LogP contribution in [0.4, 0.5) is 0 Å². The summed E-state index contributed by atoms with van der Waals surface area (Å²) in [4.78, 5) is 23.1. The number of benzene rings is 1. The first-order valence-electron chi connectivity index (χ1n) is 7.19. The van der Waals surface area contributed by atoms with Crippen molar-refractivity contribution in [3.63, 3.8) is 0 Å². The Balaban J connectivity index is 1.64. The van der Waals surface area contributed by atoms with E-state index >= 15 is 0 Å². The maximum Gasteiger partial charge on any atom is 0.306 e. The van der Waals surface area contributed by atoms with Crippen molar-refractivity contribution in [1.82, 2.24) is 10.5 Å². The van der Waals surface area contributed by atoms with Crippen LogP contribution in [0.1, 0.15) is 29.8 Å². The maximum atomic E-state index is 12.1. The van der Waals surface area contributed by atoms with Gasteiger partial charge in [-0.2, -0.15) is 0 Å². The van der Waals surface area contributed by atoms with Crippen molar-refractivity contribution in [3.05, 3.63) is 42.2 Å². The number of carbonyl (C=O) groups is 2. The van der Waals surface area contributed by atoms with Crippen LogP contribution in [-0.4, -0.2) is 28.2 Å². The van der Waals surface area contributed by atoms with Crippen LogP contribution in [-0.2, 0) is 4.79 Å². The SMILES string of the molecule is O=C(N[C@H]1CC[C@@H](C(=O)O)C1)c1cc(-c2ccccc2)no1. The van der Waals surface area contributed by atoms with Gasteiger partial charge in [-0.3, -0.25) is 9.59 Å². The van der Waals surface area contributed by atoms with Gasteiger partial charge in [-0.25, -0.2) is 0 Å². The summed E-state index contributed by atoms with van der Waals surface area (Å²) < 4.78 is 5.09. The third-order valence-corrected chi connectivity index (χ3v) is 3.92. The van der Waals surface area contributed by atoms with E-state index < -0.39 is 5.97 Å². The smallest absolute Gasteiger partial charge is 0.306 e. The number of rotatable bonds is 4. The van der Waals surface area contributed by atoms with Crippen molar-refractivity contribution in [2.75, 3.05) is 0 Å². The van der Waals surface area contributed by atoms with Crippen LogP contribution >= 0.6 is 0 Å². The first-order chi connectivity index (χ1) is 10.6. The second-order valence-electron chi connectivity index (χ2n) is 5.46. The maximum absolute atomic E-state index is 12.1. The van der Waals surface area contributed by atoms with Gasteiger partial charge in [-0.1, -0.05) is 35.5 Å². The number of amides is 1. The molecule has 1 saturated carbocycles. The van der Waals surface area contributed by atoms with Crippen LogP contribution in [0.25, 0.3) is 11.3 Å². The second-order valence-corrected chi connectivity index (χ2v) is 5.46. The van der Waals surface area contributed by atoms with E-state index in [0.717, 1.165) is 5.56 Å². The van der Waals surface area contributed by atoms with E-state index in [9.17, 15) is 9.59 Å². The van der Waals surface area contributed by atoms with Crippen molar-refractivity contribution >= 4 is 11.9 Å². The quantitative estimate of drug-likeness (QED) is 0.904. The molecule has 2 aromatic rings. The van der Waals surface area contributed by atoms with Crippen LogP contribution in [0, 0.1) is 5.92 Å². The highest BCUT2D eigenvalue weighted by atomic mass is 16.5. The molecule has 1 heterocycles. The van der Waals surface area contributed by atoms with Crippen molar-refractivity contribution in [2.45, 2.75) is 25.3 Å². The molecule has 1 aliphatic rings. The van der Waals surface area contributed by atoms with E-state index in [-0.39, 0.29) is 23.6 Å². The number of nitrogens with one attached hydrogen (secondary N) is 1. The van der Waals surface area contributed by atoms with Crippen LogP contribution in [0.3, 0.4) is 0 Å². The Morgan fingerprint density at radius 3 is 2.68 bits per heavy atom. The molecule has 22 heavy (non-hydrogen) atoms. The molecule has 6 heteroatoms. The second kappa shape index (κ2) is 6.01. The molecule has 0 aliphatic heterocycles. The van der Waals surface area contributed by atoms with Gasteiger partial charge in [-0.05, 0) is 19.3 Å². The van der Waals surface area contributed by atoms with Crippen LogP contribution in [0.5, 0.6) is 0 Å². The summed E-state index contributed by atoms with van der Waals surface area (Å²) in [6.07, 6.45) is 1.72. The molecular formula is C16H16N2O4. The molecule has 114 valence electrons. The number of nitrogens with zero attached hydrogens (tertiary/aromatic N) is 1. The average molecular weight is 300 g/mol. The molecular weight excluding hydrogens is 284 g/mol. The number of aromatic nitrogens is 1. The Labute approximate surface area is 127 Å². The Bertz CT molecular complexity index is 680. The lowest BCUT2D eigenvalue weighted by molar-refractivity contribution is -0.141. The molecule has 0 saturated heterocycles. The summed E-state index contributed by atoms with van der Waals surface area (Å²) in [7, 11) is 0. The molecule has 2 N–H and O–H groups in total. The van der Waals surface area contributed by atoms with Crippen molar-refractivity contribution in [1.29, 1.82) is 0 Å². The van der Waals surface area contributed by atoms with Gasteiger partial charge in [0.15, 0.2) is 0 Å². The Kier molecular flexibility index (Phi) is 3.91. The van der Waals surface area contributed by atoms with Gasteiger partial charge in [0.1, 0.15) is 5.69 Å². The van der Waals surface area contributed by atoms with Gasteiger partial charge in [0.2, 0.25) is 5.76 Å². The van der Waals surface area contributed by atoms with Crippen LogP contribution in [0.15, 0.2) is 40.9 Å². The van der Waals surface area contributed by atoms with Crippen LogP contribution < -0.4 is 5.32 Å². The lowest BCUT2D eigenvalue weighted by atomic mass is 10.1. The minimum atomic E-state index is -0.803. The first kappa shape index (κ1) is 14.3. The molecule has 1 amide bonds. The average Bonchev–Trinajstić information content (AvgIpc) is 3.17. The number of carboxylic acids is 1. The largest absolute Gasteiger partial charge is 0.481 e. The fraction of sp³-hybridized carbons (Fsp3) is 0.312. The summed E-state index contributed by atoms with van der Waals surface area (Å²) in [6, 6.07) is 10.9. The third-order valence-electron chi connectivity index (χ3n) is 3.92. The zero-order chi connectivity index (χ0) is 15.5. The molecule has 1 aliphatic carbocycles. The van der Waals surface area contributed by atoms with Gasteiger partial charge < -0.3 is 14.9 Å². The van der Waals surface area contributed by atoms with Gasteiger partial charge in [0, 0.05) is 17.7 Å². The lowest BCUT2D eigenvalue weighted by Crippen LogP contribution is -2.33. The fourth-order valence-corrected chi connectivity index (χ4v) is 2.72. The molecule has 3 rings (SSSR count). The standard InChI is InChI=1S/C16H16N2O4/c19-15(17-12-7-6-11(8-12)16(20)21)14-9-13(18-22-14)10-4-2-1-3-5-10/h1-5,9,11-12H,6-8H2,(H,17,19)(H,20,21)/t11-,12+/m1/s1. The number of hydrogen-bond acceptors (Lipinski definition) is 4. The van der Waals surface area contributed by atoms with Crippen LogP contribution in [0.2, 0.25) is 0 Å². The molecule has 0 bridgehead atoms. The predicted octanol–water partition coefficient (Wildman–Crippen LogP) is 2.32. The van der Waals surface area contributed by atoms with Gasteiger partial charge in [0.05, 0.1) is 5.92 Å². The lowest BCUT2D eigenvalue weighted by Gasteiger charge is -2.10. The van der Waals surface area contributed by atoms with E-state index in [4.69, 9.17) is 9.63 Å². The van der Waals surface area contributed by atoms with Gasteiger partial charge in [-0.15, -0.1) is 0 Å². The minimum absolute atomic E-state index is 0.126. The normalized spacial score (nSPS) is 20.7. The summed E-state index contributed by atoms with van der Waals surface area (Å²) in [5, 5.41) is 15.7. The summed E-state index contributed by atoms with van der Waals surface area (Å²) in [5.74, 6) is -1.40. The van der Waals surface area contributed by atoms with Gasteiger partial charge >= 0.3 is 5.97 Å². The van der Waals surface area contributed by atoms with E-state index in [1.165, 1.54) is 0 Å².